The molecular weight excluding hydrogens is 505 g/mol. The van der Waals surface area contributed by atoms with Gasteiger partial charge in [0.1, 0.15) is 0 Å². The average Bonchev–Trinajstić information content (AvgIpc) is 2.50. The van der Waals surface area contributed by atoms with Gasteiger partial charge in [0.25, 0.3) is 0 Å². The van der Waals surface area contributed by atoms with Gasteiger partial charge in [-0.25, -0.2) is 0 Å². The molecule has 0 bridgehead atoms. The maximum absolute atomic E-state index is 6.56. The molecule has 4 heteroatoms. The smallest absolute Gasteiger partial charge is 0.0568 e. The van der Waals surface area contributed by atoms with Crippen molar-refractivity contribution in [3.8, 4) is 0 Å². The Morgan fingerprint density at radius 1 is 0.857 bits per heavy atom. The largest absolute Gasteiger partial charge is 0.320 e. The first kappa shape index (κ1) is 15.5. The standard InChI is InChI=1S/C17H12Br2IN/c18-10-5-8-16(20)14(9-10)17(21)13-6-7-15(19)12-4-2-1-3-11(12)13/h1-9,17H,21H2. The quantitative estimate of drug-likeness (QED) is 0.414. The van der Waals surface area contributed by atoms with Crippen molar-refractivity contribution in [2.75, 3.05) is 0 Å². The zero-order chi connectivity index (χ0) is 15.0. The Morgan fingerprint density at radius 3 is 2.33 bits per heavy atom. The molecule has 3 aromatic carbocycles. The predicted molar refractivity (Wildman–Crippen MR) is 105 cm³/mol. The molecule has 0 spiro atoms. The van der Waals surface area contributed by atoms with Crippen LogP contribution in [0.3, 0.4) is 0 Å². The summed E-state index contributed by atoms with van der Waals surface area (Å²) in [7, 11) is 0. The molecule has 3 rings (SSSR count). The van der Waals surface area contributed by atoms with E-state index in [0.717, 1.165) is 20.1 Å². The lowest BCUT2D eigenvalue weighted by atomic mass is 9.94. The lowest BCUT2D eigenvalue weighted by Gasteiger charge is -2.18. The van der Waals surface area contributed by atoms with Crippen LogP contribution in [-0.4, -0.2) is 0 Å². The van der Waals surface area contributed by atoms with Gasteiger partial charge < -0.3 is 5.73 Å². The van der Waals surface area contributed by atoms with Crippen LogP contribution in [0.15, 0.2) is 63.5 Å². The Kier molecular flexibility index (Phi) is 4.69. The minimum Gasteiger partial charge on any atom is -0.320 e. The maximum Gasteiger partial charge on any atom is 0.0568 e. The van der Waals surface area contributed by atoms with Gasteiger partial charge >= 0.3 is 0 Å². The Balaban J connectivity index is 2.20. The van der Waals surface area contributed by atoms with E-state index in [2.05, 4.69) is 96.9 Å². The molecule has 0 amide bonds. The van der Waals surface area contributed by atoms with Crippen LogP contribution >= 0.6 is 54.5 Å². The molecule has 21 heavy (non-hydrogen) atoms. The van der Waals surface area contributed by atoms with Crippen molar-refractivity contribution >= 4 is 65.2 Å². The third-order valence-electron chi connectivity index (χ3n) is 3.53. The molecule has 1 atom stereocenters. The zero-order valence-electron chi connectivity index (χ0n) is 11.0. The van der Waals surface area contributed by atoms with Crippen LogP contribution in [0, 0.1) is 3.57 Å². The Bertz CT molecular complexity index is 817. The van der Waals surface area contributed by atoms with Gasteiger partial charge in [-0.3, -0.25) is 0 Å². The summed E-state index contributed by atoms with van der Waals surface area (Å²) in [6.45, 7) is 0. The van der Waals surface area contributed by atoms with Crippen LogP contribution in [0.2, 0.25) is 0 Å². The second kappa shape index (κ2) is 6.36. The van der Waals surface area contributed by atoms with Gasteiger partial charge in [-0.1, -0.05) is 62.2 Å². The monoisotopic (exact) mass is 515 g/mol. The summed E-state index contributed by atoms with van der Waals surface area (Å²) >= 11 is 9.48. The molecule has 0 aliphatic heterocycles. The molecule has 0 saturated carbocycles. The highest BCUT2D eigenvalue weighted by Gasteiger charge is 2.16. The molecule has 3 aromatic rings. The number of nitrogens with two attached hydrogens (primary N) is 1. The first-order valence-electron chi connectivity index (χ1n) is 6.45. The summed E-state index contributed by atoms with van der Waals surface area (Å²) in [4.78, 5) is 0. The number of benzene rings is 3. The van der Waals surface area contributed by atoms with Crippen molar-refractivity contribution in [1.29, 1.82) is 0 Å². The molecule has 0 heterocycles. The average molecular weight is 517 g/mol. The minimum absolute atomic E-state index is 0.146. The molecule has 1 unspecified atom stereocenters. The normalized spacial score (nSPS) is 12.6. The van der Waals surface area contributed by atoms with Crippen LogP contribution < -0.4 is 5.73 Å². The van der Waals surface area contributed by atoms with E-state index in [-0.39, 0.29) is 6.04 Å². The molecular formula is C17H12Br2IN. The minimum atomic E-state index is -0.146. The van der Waals surface area contributed by atoms with E-state index < -0.39 is 0 Å². The van der Waals surface area contributed by atoms with E-state index in [1.54, 1.807) is 0 Å². The molecule has 0 fully saturated rings. The molecule has 0 aliphatic rings. The summed E-state index contributed by atoms with van der Waals surface area (Å²) < 4.78 is 3.32. The van der Waals surface area contributed by atoms with Gasteiger partial charge in [0, 0.05) is 12.5 Å². The summed E-state index contributed by atoms with van der Waals surface area (Å²) in [6.07, 6.45) is 0. The van der Waals surface area contributed by atoms with Gasteiger partial charge in [0.2, 0.25) is 0 Å². The van der Waals surface area contributed by atoms with Crippen LogP contribution in [0.25, 0.3) is 10.8 Å². The summed E-state index contributed by atoms with van der Waals surface area (Å²) in [5.74, 6) is 0. The fourth-order valence-corrected chi connectivity index (χ4v) is 4.00. The number of hydrogen-bond acceptors (Lipinski definition) is 1. The number of fused-ring (bicyclic) bond motifs is 1. The van der Waals surface area contributed by atoms with E-state index in [0.29, 0.717) is 0 Å². The van der Waals surface area contributed by atoms with Crippen molar-refractivity contribution in [2.24, 2.45) is 5.73 Å². The highest BCUT2D eigenvalue weighted by atomic mass is 127. The lowest BCUT2D eigenvalue weighted by Crippen LogP contribution is -2.14. The van der Waals surface area contributed by atoms with Crippen molar-refractivity contribution in [3.63, 3.8) is 0 Å². The van der Waals surface area contributed by atoms with Gasteiger partial charge in [-0.2, -0.15) is 0 Å². The van der Waals surface area contributed by atoms with E-state index in [4.69, 9.17) is 5.73 Å². The molecule has 2 N–H and O–H groups in total. The van der Waals surface area contributed by atoms with Gasteiger partial charge in [0.05, 0.1) is 6.04 Å². The van der Waals surface area contributed by atoms with E-state index >= 15 is 0 Å². The number of halogens is 3. The highest BCUT2D eigenvalue weighted by Crippen LogP contribution is 2.34. The summed E-state index contributed by atoms with van der Waals surface area (Å²) in [5.41, 5.74) is 8.84. The predicted octanol–water partition coefficient (Wildman–Crippen LogP) is 6.02. The molecule has 0 radical (unpaired) electrons. The first-order valence-corrected chi connectivity index (χ1v) is 9.12. The first-order chi connectivity index (χ1) is 10.1. The fraction of sp³-hybridized carbons (Fsp3) is 0.0588. The molecule has 0 aliphatic carbocycles. The highest BCUT2D eigenvalue weighted by molar-refractivity contribution is 14.1. The zero-order valence-corrected chi connectivity index (χ0v) is 16.3. The van der Waals surface area contributed by atoms with Gasteiger partial charge in [-0.15, -0.1) is 0 Å². The molecule has 0 aromatic heterocycles. The molecule has 0 saturated heterocycles. The number of rotatable bonds is 2. The maximum atomic E-state index is 6.56. The number of hydrogen-bond donors (Lipinski definition) is 1. The molecule has 106 valence electrons. The van der Waals surface area contributed by atoms with Crippen LogP contribution in [0.1, 0.15) is 17.2 Å². The molecule has 1 nitrogen and oxygen atoms in total. The SMILES string of the molecule is NC(c1cc(Br)ccc1I)c1ccc(Br)c2ccccc12. The van der Waals surface area contributed by atoms with Crippen LogP contribution in [0.4, 0.5) is 0 Å². The lowest BCUT2D eigenvalue weighted by molar-refractivity contribution is 0.873. The Hall–Kier alpha value is -0.430. The van der Waals surface area contributed by atoms with Crippen molar-refractivity contribution in [2.45, 2.75) is 6.04 Å². The summed E-state index contributed by atoms with van der Waals surface area (Å²) in [6, 6.07) is 18.6. The van der Waals surface area contributed by atoms with E-state index in [9.17, 15) is 0 Å². The topological polar surface area (TPSA) is 26.0 Å². The van der Waals surface area contributed by atoms with Crippen LogP contribution in [-0.2, 0) is 0 Å². The van der Waals surface area contributed by atoms with E-state index in [1.807, 2.05) is 12.1 Å². The second-order valence-electron chi connectivity index (χ2n) is 4.83. The second-order valence-corrected chi connectivity index (χ2v) is 7.76. The third-order valence-corrected chi connectivity index (χ3v) is 5.70. The summed E-state index contributed by atoms with van der Waals surface area (Å²) in [5, 5.41) is 2.38. The fourth-order valence-electron chi connectivity index (χ4n) is 2.48. The van der Waals surface area contributed by atoms with Crippen molar-refractivity contribution < 1.29 is 0 Å². The van der Waals surface area contributed by atoms with E-state index in [1.165, 1.54) is 14.3 Å². The van der Waals surface area contributed by atoms with Crippen molar-refractivity contribution in [1.82, 2.24) is 0 Å². The Labute approximate surface area is 154 Å². The third kappa shape index (κ3) is 3.04. The van der Waals surface area contributed by atoms with Gasteiger partial charge in [-0.05, 0) is 68.8 Å². The Morgan fingerprint density at radius 2 is 1.57 bits per heavy atom. The van der Waals surface area contributed by atoms with Gasteiger partial charge in [0.15, 0.2) is 0 Å². The van der Waals surface area contributed by atoms with Crippen molar-refractivity contribution in [3.05, 3.63) is 78.2 Å². The van der Waals surface area contributed by atoms with Crippen LogP contribution in [0.5, 0.6) is 0 Å².